The molecule has 21 heavy (non-hydrogen) atoms. The molecule has 0 radical (unpaired) electrons. The van der Waals surface area contributed by atoms with Gasteiger partial charge in [0.2, 0.25) is 0 Å². The summed E-state index contributed by atoms with van der Waals surface area (Å²) in [5, 5.41) is 0. The average molecular weight is 293 g/mol. The largest absolute Gasteiger partial charge is 0.488 e. The molecule has 3 rings (SSSR count). The molecule has 1 heterocycles. The fourth-order valence-corrected chi connectivity index (χ4v) is 2.92. The van der Waals surface area contributed by atoms with Crippen molar-refractivity contribution >= 4 is 11.4 Å². The van der Waals surface area contributed by atoms with Crippen LogP contribution >= 0.6 is 0 Å². The van der Waals surface area contributed by atoms with Crippen molar-refractivity contribution in [1.82, 2.24) is 4.90 Å². The van der Waals surface area contributed by atoms with Gasteiger partial charge in [0.25, 0.3) is 0 Å². The van der Waals surface area contributed by atoms with E-state index in [1.807, 2.05) is 12.1 Å². The highest BCUT2D eigenvalue weighted by atomic mass is 19.1. The number of nitrogens with zero attached hydrogens (tertiary/aromatic N) is 1. The Hall–Kier alpha value is -1.49. The Bertz CT molecular complexity index is 522. The Morgan fingerprint density at radius 2 is 1.95 bits per heavy atom. The topological polar surface area (TPSA) is 64.5 Å². The zero-order chi connectivity index (χ0) is 15.0. The van der Waals surface area contributed by atoms with Crippen LogP contribution in [0.25, 0.3) is 0 Å². The Balaban J connectivity index is 1.82. The van der Waals surface area contributed by atoms with Gasteiger partial charge in [0.1, 0.15) is 18.0 Å². The maximum atomic E-state index is 13.8. The molecule has 0 spiro atoms. The molecular weight excluding hydrogens is 269 g/mol. The molecule has 1 aliphatic carbocycles. The van der Waals surface area contributed by atoms with Gasteiger partial charge in [-0.05, 0) is 63.4 Å². The summed E-state index contributed by atoms with van der Waals surface area (Å²) < 4.78 is 19.6. The maximum Gasteiger partial charge on any atom is 0.147 e. The molecule has 1 saturated carbocycles. The third-order valence-electron chi connectivity index (χ3n) is 4.69. The van der Waals surface area contributed by atoms with Gasteiger partial charge in [0.15, 0.2) is 0 Å². The minimum Gasteiger partial charge on any atom is -0.488 e. The number of piperidine rings is 1. The van der Waals surface area contributed by atoms with E-state index in [0.29, 0.717) is 35.9 Å². The molecule has 116 valence electrons. The standard InChI is InChI=1S/C16H24FN3O/c1-20-8-4-11(5-9-20)12-2-3-13(18)14(19)15(12)21-10-16(17)6-7-16/h2-3,11H,4-10,18-19H2,1H3. The van der Waals surface area contributed by atoms with Gasteiger partial charge in [0, 0.05) is 0 Å². The number of ether oxygens (including phenoxy) is 1. The van der Waals surface area contributed by atoms with Gasteiger partial charge in [-0.15, -0.1) is 0 Å². The monoisotopic (exact) mass is 293 g/mol. The van der Waals surface area contributed by atoms with Crippen molar-refractivity contribution < 1.29 is 9.13 Å². The molecule has 1 aromatic carbocycles. The van der Waals surface area contributed by atoms with Crippen LogP contribution in [0.15, 0.2) is 12.1 Å². The number of benzene rings is 1. The fraction of sp³-hybridized carbons (Fsp3) is 0.625. The van der Waals surface area contributed by atoms with Crippen LogP contribution in [0.2, 0.25) is 0 Å². The second kappa shape index (κ2) is 5.37. The first-order valence-corrected chi connectivity index (χ1v) is 7.67. The lowest BCUT2D eigenvalue weighted by atomic mass is 9.88. The summed E-state index contributed by atoms with van der Waals surface area (Å²) >= 11 is 0. The highest BCUT2D eigenvalue weighted by Gasteiger charge is 2.44. The third-order valence-corrected chi connectivity index (χ3v) is 4.69. The number of alkyl halides is 1. The predicted molar refractivity (Wildman–Crippen MR) is 83.3 cm³/mol. The van der Waals surface area contributed by atoms with Gasteiger partial charge in [-0.3, -0.25) is 0 Å². The highest BCUT2D eigenvalue weighted by Crippen LogP contribution is 2.44. The van der Waals surface area contributed by atoms with Crippen LogP contribution in [-0.2, 0) is 0 Å². The molecule has 0 aromatic heterocycles. The van der Waals surface area contributed by atoms with Crippen molar-refractivity contribution in [3.05, 3.63) is 17.7 Å². The van der Waals surface area contributed by atoms with Crippen molar-refractivity contribution in [3.8, 4) is 5.75 Å². The number of halogens is 1. The van der Waals surface area contributed by atoms with Crippen molar-refractivity contribution in [2.45, 2.75) is 37.3 Å². The number of hydrogen-bond donors (Lipinski definition) is 2. The van der Waals surface area contributed by atoms with Crippen molar-refractivity contribution in [2.75, 3.05) is 38.2 Å². The number of anilines is 2. The second-order valence-electron chi connectivity index (χ2n) is 6.50. The molecule has 4 nitrogen and oxygen atoms in total. The zero-order valence-electron chi connectivity index (χ0n) is 12.6. The quantitative estimate of drug-likeness (QED) is 0.837. The van der Waals surface area contributed by atoms with Crippen molar-refractivity contribution in [3.63, 3.8) is 0 Å². The third kappa shape index (κ3) is 3.07. The van der Waals surface area contributed by atoms with E-state index < -0.39 is 5.67 Å². The van der Waals surface area contributed by atoms with Gasteiger partial charge >= 0.3 is 0 Å². The van der Waals surface area contributed by atoms with E-state index >= 15 is 0 Å². The summed E-state index contributed by atoms with van der Waals surface area (Å²) in [5.41, 5.74) is 12.9. The average Bonchev–Trinajstić information content (AvgIpc) is 3.20. The first-order chi connectivity index (χ1) is 9.98. The lowest BCUT2D eigenvalue weighted by Crippen LogP contribution is -2.29. The number of likely N-dealkylation sites (tertiary alicyclic amines) is 1. The van der Waals surface area contributed by atoms with E-state index in [-0.39, 0.29) is 6.61 Å². The number of nitrogen functional groups attached to an aromatic ring is 2. The van der Waals surface area contributed by atoms with Gasteiger partial charge < -0.3 is 21.1 Å². The molecule has 2 fully saturated rings. The molecule has 1 aromatic rings. The predicted octanol–water partition coefficient (Wildman–Crippen LogP) is 2.54. The molecule has 4 N–H and O–H groups in total. The molecule has 1 aliphatic heterocycles. The Labute approximate surface area is 125 Å². The van der Waals surface area contributed by atoms with E-state index in [2.05, 4.69) is 11.9 Å². The van der Waals surface area contributed by atoms with Crippen LogP contribution in [0.5, 0.6) is 5.75 Å². The van der Waals surface area contributed by atoms with Gasteiger partial charge in [-0.2, -0.15) is 0 Å². The molecule has 2 aliphatic rings. The fourth-order valence-electron chi connectivity index (χ4n) is 2.92. The summed E-state index contributed by atoms with van der Waals surface area (Å²) in [6, 6.07) is 3.83. The molecule has 5 heteroatoms. The van der Waals surface area contributed by atoms with Crippen LogP contribution in [-0.4, -0.2) is 37.3 Å². The number of hydrogen-bond acceptors (Lipinski definition) is 4. The first kappa shape index (κ1) is 14.4. The first-order valence-electron chi connectivity index (χ1n) is 7.67. The summed E-state index contributed by atoms with van der Waals surface area (Å²) in [6.45, 7) is 2.20. The van der Waals surface area contributed by atoms with Crippen molar-refractivity contribution in [1.29, 1.82) is 0 Å². The lowest BCUT2D eigenvalue weighted by Gasteiger charge is -2.30. The summed E-state index contributed by atoms with van der Waals surface area (Å²) in [5.74, 6) is 1.02. The van der Waals surface area contributed by atoms with Crippen LogP contribution < -0.4 is 16.2 Å². The second-order valence-corrected chi connectivity index (χ2v) is 6.50. The summed E-state index contributed by atoms with van der Waals surface area (Å²) in [6.07, 6.45) is 3.30. The normalized spacial score (nSPS) is 22.2. The van der Waals surface area contributed by atoms with E-state index in [0.717, 1.165) is 31.5 Å². The van der Waals surface area contributed by atoms with Crippen molar-refractivity contribution in [2.24, 2.45) is 0 Å². The maximum absolute atomic E-state index is 13.8. The van der Waals surface area contributed by atoms with Crippen LogP contribution in [0.4, 0.5) is 15.8 Å². The van der Waals surface area contributed by atoms with Gasteiger partial charge in [-0.25, -0.2) is 4.39 Å². The summed E-state index contributed by atoms with van der Waals surface area (Å²) in [4.78, 5) is 2.32. The smallest absolute Gasteiger partial charge is 0.147 e. The van der Waals surface area contributed by atoms with E-state index in [4.69, 9.17) is 16.2 Å². The van der Waals surface area contributed by atoms with E-state index in [9.17, 15) is 4.39 Å². The SMILES string of the molecule is CN1CCC(c2ccc(N)c(N)c2OCC2(F)CC2)CC1. The van der Waals surface area contributed by atoms with E-state index in [1.54, 1.807) is 0 Å². The Morgan fingerprint density at radius 3 is 2.57 bits per heavy atom. The molecule has 0 unspecified atom stereocenters. The number of rotatable bonds is 4. The lowest BCUT2D eigenvalue weighted by molar-refractivity contribution is 0.175. The molecule has 1 saturated heterocycles. The van der Waals surface area contributed by atoms with Crippen LogP contribution in [0.3, 0.4) is 0 Å². The minimum atomic E-state index is -1.15. The number of nitrogens with two attached hydrogens (primary N) is 2. The Kier molecular flexibility index (Phi) is 3.69. The molecule has 0 amide bonds. The van der Waals surface area contributed by atoms with Gasteiger partial charge in [0.05, 0.1) is 11.4 Å². The molecular formula is C16H24FN3O. The zero-order valence-corrected chi connectivity index (χ0v) is 12.6. The minimum absolute atomic E-state index is 0.0836. The van der Waals surface area contributed by atoms with E-state index in [1.165, 1.54) is 0 Å². The summed E-state index contributed by atoms with van der Waals surface area (Å²) in [7, 11) is 2.13. The molecule has 0 atom stereocenters. The van der Waals surface area contributed by atoms with Crippen LogP contribution in [0, 0.1) is 0 Å². The Morgan fingerprint density at radius 1 is 1.29 bits per heavy atom. The molecule has 0 bridgehead atoms. The highest BCUT2D eigenvalue weighted by molar-refractivity contribution is 5.73. The van der Waals surface area contributed by atoms with Crippen LogP contribution in [0.1, 0.15) is 37.2 Å². The van der Waals surface area contributed by atoms with Gasteiger partial charge in [-0.1, -0.05) is 6.07 Å².